The summed E-state index contributed by atoms with van der Waals surface area (Å²) in [6, 6.07) is 0.835. The molecule has 1 nitrogen and oxygen atoms in total. The summed E-state index contributed by atoms with van der Waals surface area (Å²) < 4.78 is 0. The van der Waals surface area contributed by atoms with Gasteiger partial charge in [-0.3, -0.25) is 0 Å². The van der Waals surface area contributed by atoms with Crippen LogP contribution in [0.2, 0.25) is 0 Å². The zero-order chi connectivity index (χ0) is 12.3. The van der Waals surface area contributed by atoms with Gasteiger partial charge in [-0.2, -0.15) is 0 Å². The predicted molar refractivity (Wildman–Crippen MR) is 75.1 cm³/mol. The fraction of sp³-hybridized carbons (Fsp3) is 0.875. The van der Waals surface area contributed by atoms with E-state index < -0.39 is 0 Å². The summed E-state index contributed by atoms with van der Waals surface area (Å²) in [5, 5.41) is 3.71. The van der Waals surface area contributed by atoms with Gasteiger partial charge in [-0.1, -0.05) is 51.7 Å². The molecule has 0 radical (unpaired) electrons. The van der Waals surface area contributed by atoms with Gasteiger partial charge in [0.15, 0.2) is 0 Å². The van der Waals surface area contributed by atoms with Gasteiger partial charge < -0.3 is 5.32 Å². The Hall–Kier alpha value is -0.300. The van der Waals surface area contributed by atoms with Crippen LogP contribution in [0.25, 0.3) is 0 Å². The van der Waals surface area contributed by atoms with Gasteiger partial charge in [0.2, 0.25) is 0 Å². The standard InChI is InChI=1S/C16H29N/c1-16(2,3)11-14(12-17-15-9-10-15)13-7-5-4-6-8-13/h11,13,15,17H,4-10,12H2,1-3H3. The van der Waals surface area contributed by atoms with Gasteiger partial charge >= 0.3 is 0 Å². The van der Waals surface area contributed by atoms with E-state index in [1.54, 1.807) is 5.57 Å². The van der Waals surface area contributed by atoms with Gasteiger partial charge in [-0.15, -0.1) is 0 Å². The monoisotopic (exact) mass is 235 g/mol. The first kappa shape index (κ1) is 13.1. The molecular weight excluding hydrogens is 206 g/mol. The molecule has 0 aromatic carbocycles. The third-order valence-corrected chi connectivity index (χ3v) is 3.92. The van der Waals surface area contributed by atoms with Gasteiger partial charge in [0.25, 0.3) is 0 Å². The smallest absolute Gasteiger partial charge is 0.0170 e. The van der Waals surface area contributed by atoms with Crippen LogP contribution in [0.1, 0.15) is 65.7 Å². The Morgan fingerprint density at radius 1 is 1.06 bits per heavy atom. The van der Waals surface area contributed by atoms with Gasteiger partial charge in [0.1, 0.15) is 0 Å². The lowest BCUT2D eigenvalue weighted by Gasteiger charge is -2.27. The highest BCUT2D eigenvalue weighted by molar-refractivity contribution is 5.14. The highest BCUT2D eigenvalue weighted by Crippen LogP contribution is 2.32. The first-order chi connectivity index (χ1) is 8.04. The second kappa shape index (κ2) is 5.56. The molecule has 2 saturated carbocycles. The van der Waals surface area contributed by atoms with Crippen molar-refractivity contribution >= 4 is 0 Å². The molecule has 1 N–H and O–H groups in total. The molecule has 0 unspecified atom stereocenters. The van der Waals surface area contributed by atoms with E-state index in [2.05, 4.69) is 32.2 Å². The number of hydrogen-bond acceptors (Lipinski definition) is 1. The van der Waals surface area contributed by atoms with E-state index in [-0.39, 0.29) is 0 Å². The largest absolute Gasteiger partial charge is 0.310 e. The normalized spacial score (nSPS) is 24.1. The van der Waals surface area contributed by atoms with Crippen LogP contribution in [-0.4, -0.2) is 12.6 Å². The maximum Gasteiger partial charge on any atom is 0.0170 e. The van der Waals surface area contributed by atoms with Crippen LogP contribution in [0.3, 0.4) is 0 Å². The molecule has 0 aromatic heterocycles. The van der Waals surface area contributed by atoms with E-state index in [1.807, 2.05) is 0 Å². The van der Waals surface area contributed by atoms with Crippen molar-refractivity contribution in [3.63, 3.8) is 0 Å². The van der Waals surface area contributed by atoms with Crippen LogP contribution in [0.15, 0.2) is 11.6 Å². The minimum atomic E-state index is 0.331. The van der Waals surface area contributed by atoms with Gasteiger partial charge in [-0.25, -0.2) is 0 Å². The Morgan fingerprint density at radius 3 is 2.24 bits per heavy atom. The average molecular weight is 235 g/mol. The first-order valence-electron chi connectivity index (χ1n) is 7.49. The highest BCUT2D eigenvalue weighted by atomic mass is 14.9. The van der Waals surface area contributed by atoms with Crippen molar-refractivity contribution in [2.45, 2.75) is 71.8 Å². The maximum absolute atomic E-state index is 3.71. The number of rotatable bonds is 4. The molecule has 0 amide bonds. The van der Waals surface area contributed by atoms with Crippen LogP contribution < -0.4 is 5.32 Å². The summed E-state index contributed by atoms with van der Waals surface area (Å²) >= 11 is 0. The quantitative estimate of drug-likeness (QED) is 0.717. The third kappa shape index (κ3) is 4.83. The Kier molecular flexibility index (Phi) is 4.30. The molecule has 0 atom stereocenters. The second-order valence-corrected chi connectivity index (χ2v) is 7.08. The summed E-state index contributed by atoms with van der Waals surface area (Å²) in [6.07, 6.45) is 12.5. The summed E-state index contributed by atoms with van der Waals surface area (Å²) in [6.45, 7) is 8.12. The van der Waals surface area contributed by atoms with Crippen molar-refractivity contribution in [3.05, 3.63) is 11.6 Å². The molecule has 2 rings (SSSR count). The minimum absolute atomic E-state index is 0.331. The van der Waals surface area contributed by atoms with Crippen LogP contribution in [0.5, 0.6) is 0 Å². The van der Waals surface area contributed by atoms with E-state index in [4.69, 9.17) is 0 Å². The number of nitrogens with one attached hydrogen (secondary N) is 1. The fourth-order valence-electron chi connectivity index (χ4n) is 2.89. The average Bonchev–Trinajstić information content (AvgIpc) is 3.08. The van der Waals surface area contributed by atoms with Crippen LogP contribution in [0.4, 0.5) is 0 Å². The lowest BCUT2D eigenvalue weighted by molar-refractivity contribution is 0.387. The van der Waals surface area contributed by atoms with Crippen molar-refractivity contribution in [1.29, 1.82) is 0 Å². The second-order valence-electron chi connectivity index (χ2n) is 7.08. The molecule has 1 heteroatoms. The molecule has 2 aliphatic carbocycles. The van der Waals surface area contributed by atoms with E-state index in [1.165, 1.54) is 44.9 Å². The molecule has 0 heterocycles. The molecule has 0 aliphatic heterocycles. The minimum Gasteiger partial charge on any atom is -0.310 e. The van der Waals surface area contributed by atoms with Crippen LogP contribution in [-0.2, 0) is 0 Å². The Labute approximate surface area is 107 Å². The third-order valence-electron chi connectivity index (χ3n) is 3.92. The Bertz CT molecular complexity index is 262. The van der Waals surface area contributed by atoms with Crippen LogP contribution >= 0.6 is 0 Å². The number of hydrogen-bond donors (Lipinski definition) is 1. The van der Waals surface area contributed by atoms with Gasteiger partial charge in [-0.05, 0) is 37.0 Å². The highest BCUT2D eigenvalue weighted by Gasteiger charge is 2.24. The summed E-state index contributed by atoms with van der Waals surface area (Å²) in [4.78, 5) is 0. The maximum atomic E-state index is 3.71. The Morgan fingerprint density at radius 2 is 1.71 bits per heavy atom. The van der Waals surface area contributed by atoms with E-state index in [0.29, 0.717) is 5.41 Å². The van der Waals surface area contributed by atoms with E-state index in [0.717, 1.165) is 18.5 Å². The van der Waals surface area contributed by atoms with Gasteiger partial charge in [0.05, 0.1) is 0 Å². The van der Waals surface area contributed by atoms with Crippen LogP contribution in [0, 0.1) is 11.3 Å². The zero-order valence-corrected chi connectivity index (χ0v) is 11.9. The molecular formula is C16H29N. The van der Waals surface area contributed by atoms with E-state index in [9.17, 15) is 0 Å². The molecule has 98 valence electrons. The van der Waals surface area contributed by atoms with Crippen molar-refractivity contribution in [3.8, 4) is 0 Å². The summed E-state index contributed by atoms with van der Waals surface area (Å²) in [7, 11) is 0. The molecule has 17 heavy (non-hydrogen) atoms. The zero-order valence-electron chi connectivity index (χ0n) is 11.9. The van der Waals surface area contributed by atoms with E-state index >= 15 is 0 Å². The van der Waals surface area contributed by atoms with Crippen molar-refractivity contribution in [2.75, 3.05) is 6.54 Å². The van der Waals surface area contributed by atoms with Crippen molar-refractivity contribution in [2.24, 2.45) is 11.3 Å². The predicted octanol–water partition coefficient (Wildman–Crippen LogP) is 4.29. The summed E-state index contributed by atoms with van der Waals surface area (Å²) in [5.74, 6) is 0.870. The van der Waals surface area contributed by atoms with Crippen molar-refractivity contribution < 1.29 is 0 Å². The number of allylic oxidation sites excluding steroid dienone is 1. The lowest BCUT2D eigenvalue weighted by atomic mass is 9.80. The van der Waals surface area contributed by atoms with Gasteiger partial charge in [0, 0.05) is 12.6 Å². The Balaban J connectivity index is 1.96. The van der Waals surface area contributed by atoms with Crippen molar-refractivity contribution in [1.82, 2.24) is 5.32 Å². The lowest BCUT2D eigenvalue weighted by Crippen LogP contribution is -2.25. The molecule has 2 aliphatic rings. The summed E-state index contributed by atoms with van der Waals surface area (Å²) in [5.41, 5.74) is 2.03. The molecule has 2 fully saturated rings. The SMILES string of the molecule is CC(C)(C)C=C(CNC1CC1)C1CCCCC1. The fourth-order valence-corrected chi connectivity index (χ4v) is 2.89. The molecule has 0 spiro atoms. The molecule has 0 aromatic rings. The topological polar surface area (TPSA) is 12.0 Å². The molecule has 0 saturated heterocycles. The molecule has 0 bridgehead atoms. The first-order valence-corrected chi connectivity index (χ1v) is 7.49.